The van der Waals surface area contributed by atoms with Crippen molar-refractivity contribution in [3.05, 3.63) is 25.9 Å². The van der Waals surface area contributed by atoms with Gasteiger partial charge >= 0.3 is 6.07 Å². The average molecular weight is 168 g/mol. The number of nitrogens with zero attached hydrogens (tertiary/aromatic N) is 1. The predicted octanol–water partition coefficient (Wildman–Crippen LogP) is 2.74. The minimum atomic E-state index is 0.919. The monoisotopic (exact) mass is 168 g/mol. The predicted molar refractivity (Wildman–Crippen MR) is 46.7 cm³/mol. The summed E-state index contributed by atoms with van der Waals surface area (Å²) in [6, 6.07) is 2.54. The highest BCUT2D eigenvalue weighted by Gasteiger charge is 2.10. The second-order valence-electron chi connectivity index (χ2n) is 2.45. The van der Waals surface area contributed by atoms with Crippen LogP contribution in [0.4, 0.5) is 0 Å². The third-order valence-electron chi connectivity index (χ3n) is 1.84. The van der Waals surface area contributed by atoms with Gasteiger partial charge in [-0.2, -0.15) is 5.21 Å². The maximum Gasteiger partial charge on any atom is 0.399 e. The third kappa shape index (κ3) is 1.36. The highest BCUT2D eigenvalue weighted by atomic mass is 32.1. The molecule has 0 fully saturated rings. The molecule has 2 nitrogen and oxygen atoms in total. The van der Waals surface area contributed by atoms with Crippen LogP contribution in [0.3, 0.4) is 0 Å². The zero-order valence-corrected chi connectivity index (χ0v) is 7.62. The van der Waals surface area contributed by atoms with Crippen LogP contribution in [0.2, 0.25) is 0 Å². The van der Waals surface area contributed by atoms with E-state index in [1.165, 1.54) is 10.4 Å². The molecule has 0 spiro atoms. The molecule has 3 heteroatoms. The van der Waals surface area contributed by atoms with E-state index in [0.29, 0.717) is 0 Å². The van der Waals surface area contributed by atoms with Gasteiger partial charge in [0.1, 0.15) is 0 Å². The average Bonchev–Trinajstić information content (AvgIpc) is 2.19. The third-order valence-corrected chi connectivity index (χ3v) is 3.05. The summed E-state index contributed by atoms with van der Waals surface area (Å²) < 4.78 is 0. The van der Waals surface area contributed by atoms with E-state index in [-0.39, 0.29) is 0 Å². The van der Waals surface area contributed by atoms with Gasteiger partial charge in [0.25, 0.3) is 0 Å². The zero-order chi connectivity index (χ0) is 8.43. The van der Waals surface area contributed by atoms with Gasteiger partial charge in [-0.1, -0.05) is 0 Å². The van der Waals surface area contributed by atoms with Crippen LogP contribution in [0.1, 0.15) is 20.9 Å². The first kappa shape index (κ1) is 8.09. The Labute approximate surface area is 69.9 Å². The van der Waals surface area contributed by atoms with Crippen LogP contribution >= 0.6 is 11.3 Å². The van der Waals surface area contributed by atoms with Gasteiger partial charge in [-0.15, -0.1) is 11.3 Å². The molecule has 1 aromatic heterocycles. The molecule has 0 unspecified atom stereocenters. The van der Waals surface area contributed by atoms with E-state index < -0.39 is 0 Å². The van der Waals surface area contributed by atoms with Crippen molar-refractivity contribution in [2.24, 2.45) is 0 Å². The second-order valence-corrected chi connectivity index (χ2v) is 3.67. The summed E-state index contributed by atoms with van der Waals surface area (Å²) in [7, 11) is 0. The van der Waals surface area contributed by atoms with E-state index in [0.717, 1.165) is 10.4 Å². The lowest BCUT2D eigenvalue weighted by Crippen LogP contribution is -1.75. The minimum absolute atomic E-state index is 0.919. The lowest BCUT2D eigenvalue weighted by molar-refractivity contribution is 0.465. The van der Waals surface area contributed by atoms with Crippen molar-refractivity contribution < 1.29 is 5.21 Å². The Morgan fingerprint density at radius 2 is 1.91 bits per heavy atom. The number of aryl methyl sites for hydroxylation is 1. The Balaban J connectivity index is 3.26. The highest BCUT2D eigenvalue weighted by molar-refractivity contribution is 7.12. The standard InChI is InChI=1S/C8H9NOS/c1-5-6(2)8(4-9-10)11-7(5)3/h1-3H3/p+1. The van der Waals surface area contributed by atoms with Gasteiger partial charge in [-0.05, 0) is 31.9 Å². The quantitative estimate of drug-likeness (QED) is 0.592. The maximum absolute atomic E-state index is 8.26. The molecule has 0 radical (unpaired) electrons. The van der Waals surface area contributed by atoms with Gasteiger partial charge in [0.05, 0.1) is 0 Å². The largest absolute Gasteiger partial charge is 0.399 e. The molecular formula is C8H10NOS+. The fourth-order valence-electron chi connectivity index (χ4n) is 0.893. The Hall–Kier alpha value is -1.01. The number of rotatable bonds is 0. The summed E-state index contributed by atoms with van der Waals surface area (Å²) >= 11 is 1.60. The molecule has 0 aliphatic carbocycles. The molecule has 1 N–H and O–H groups in total. The molecule has 0 aromatic carbocycles. The summed E-state index contributed by atoms with van der Waals surface area (Å²) in [5.74, 6) is 0. The van der Waals surface area contributed by atoms with E-state index in [1.807, 2.05) is 6.92 Å². The molecular weight excluding hydrogens is 158 g/mol. The van der Waals surface area contributed by atoms with Gasteiger partial charge in [-0.25, -0.2) is 0 Å². The maximum atomic E-state index is 8.26. The molecule has 1 rings (SSSR count). The SMILES string of the molecule is Cc1sc(C#[N+]O)c(C)c1C. The van der Waals surface area contributed by atoms with Crippen LogP contribution in [0.15, 0.2) is 0 Å². The van der Waals surface area contributed by atoms with Crippen LogP contribution in [-0.4, -0.2) is 5.21 Å². The zero-order valence-electron chi connectivity index (χ0n) is 6.80. The fourth-order valence-corrected chi connectivity index (χ4v) is 1.90. The van der Waals surface area contributed by atoms with E-state index in [4.69, 9.17) is 5.21 Å². The van der Waals surface area contributed by atoms with Gasteiger partial charge in [0.2, 0.25) is 5.01 Å². The van der Waals surface area contributed by atoms with Gasteiger partial charge in [-0.3, -0.25) is 0 Å². The number of hydrogen-bond donors (Lipinski definition) is 1. The van der Waals surface area contributed by atoms with Crippen molar-refractivity contribution in [3.63, 3.8) is 0 Å². The molecule has 0 amide bonds. The Morgan fingerprint density at radius 3 is 2.27 bits per heavy atom. The van der Waals surface area contributed by atoms with Gasteiger partial charge < -0.3 is 0 Å². The van der Waals surface area contributed by atoms with Crippen LogP contribution in [0.5, 0.6) is 0 Å². The number of thiophene rings is 1. The lowest BCUT2D eigenvalue weighted by Gasteiger charge is -1.86. The van der Waals surface area contributed by atoms with Gasteiger partial charge in [0.15, 0.2) is 4.88 Å². The van der Waals surface area contributed by atoms with Crippen LogP contribution in [-0.2, 0) is 0 Å². The molecule has 0 aliphatic rings. The molecule has 0 atom stereocenters. The van der Waals surface area contributed by atoms with Crippen molar-refractivity contribution in [2.75, 3.05) is 0 Å². The summed E-state index contributed by atoms with van der Waals surface area (Å²) in [4.78, 5) is 2.18. The van der Waals surface area contributed by atoms with Crippen molar-refractivity contribution in [1.29, 1.82) is 0 Å². The van der Waals surface area contributed by atoms with Crippen molar-refractivity contribution in [2.45, 2.75) is 20.8 Å². The molecule has 0 aliphatic heterocycles. The first-order chi connectivity index (χ1) is 5.16. The van der Waals surface area contributed by atoms with E-state index in [1.54, 1.807) is 11.3 Å². The fraction of sp³-hybridized carbons (Fsp3) is 0.375. The molecule has 0 saturated heterocycles. The molecule has 1 aromatic rings. The van der Waals surface area contributed by atoms with Crippen LogP contribution in [0, 0.1) is 26.8 Å². The van der Waals surface area contributed by atoms with Crippen molar-refractivity contribution in [1.82, 2.24) is 0 Å². The normalized spacial score (nSPS) is 9.00. The summed E-state index contributed by atoms with van der Waals surface area (Å²) in [5.41, 5.74) is 2.42. The topological polar surface area (TPSA) is 24.6 Å². The second kappa shape index (κ2) is 2.93. The first-order valence-electron chi connectivity index (χ1n) is 3.33. The Bertz CT molecular complexity index is 330. The van der Waals surface area contributed by atoms with Gasteiger partial charge in [0, 0.05) is 4.88 Å². The number of hydrogen-bond acceptors (Lipinski definition) is 2. The van der Waals surface area contributed by atoms with E-state index in [9.17, 15) is 0 Å². The van der Waals surface area contributed by atoms with Crippen LogP contribution in [0.25, 0.3) is 5.01 Å². The summed E-state index contributed by atoms with van der Waals surface area (Å²) in [6.45, 7) is 6.12. The summed E-state index contributed by atoms with van der Waals surface area (Å²) in [6.07, 6.45) is 0. The minimum Gasteiger partial charge on any atom is -0.177 e. The molecule has 58 valence electrons. The van der Waals surface area contributed by atoms with E-state index >= 15 is 0 Å². The summed E-state index contributed by atoms with van der Waals surface area (Å²) in [5, 5.41) is 11.1. The Morgan fingerprint density at radius 1 is 1.27 bits per heavy atom. The first-order valence-corrected chi connectivity index (χ1v) is 4.15. The Kier molecular flexibility index (Phi) is 2.16. The smallest absolute Gasteiger partial charge is 0.177 e. The lowest BCUT2D eigenvalue weighted by atomic mass is 10.2. The molecule has 11 heavy (non-hydrogen) atoms. The van der Waals surface area contributed by atoms with E-state index in [2.05, 4.69) is 24.9 Å². The highest BCUT2D eigenvalue weighted by Crippen LogP contribution is 2.25. The van der Waals surface area contributed by atoms with Crippen molar-refractivity contribution in [3.8, 4) is 6.07 Å². The van der Waals surface area contributed by atoms with Crippen molar-refractivity contribution >= 4 is 11.3 Å². The van der Waals surface area contributed by atoms with Crippen LogP contribution < -0.4 is 0 Å². The molecule has 0 bridgehead atoms. The molecule has 0 saturated carbocycles. The molecule has 1 heterocycles.